The Morgan fingerprint density at radius 1 is 1.11 bits per heavy atom. The van der Waals surface area contributed by atoms with Gasteiger partial charge < -0.3 is 15.1 Å². The van der Waals surface area contributed by atoms with E-state index in [0.29, 0.717) is 18.7 Å². The Hall–Kier alpha value is -3.41. The molecule has 2 aromatic carbocycles. The number of benzene rings is 2. The molecule has 0 radical (unpaired) electrons. The summed E-state index contributed by atoms with van der Waals surface area (Å²) in [7, 11) is 1.72. The first-order chi connectivity index (χ1) is 13.0. The van der Waals surface area contributed by atoms with E-state index in [1.807, 2.05) is 24.3 Å². The van der Waals surface area contributed by atoms with Gasteiger partial charge in [-0.25, -0.2) is 0 Å². The number of nitrogens with zero attached hydrogens (tertiary/aromatic N) is 2. The second-order valence-corrected chi connectivity index (χ2v) is 6.36. The number of carbonyl (C=O) groups is 3. The molecule has 0 spiro atoms. The predicted octanol–water partition coefficient (Wildman–Crippen LogP) is 2.11. The number of para-hydroxylation sites is 1. The highest BCUT2D eigenvalue weighted by atomic mass is 16.2. The summed E-state index contributed by atoms with van der Waals surface area (Å²) in [6.07, 6.45) is 1.21. The molecule has 0 saturated heterocycles. The van der Waals surface area contributed by atoms with Gasteiger partial charge in [-0.1, -0.05) is 36.9 Å². The molecule has 6 heteroatoms. The number of rotatable bonds is 4. The van der Waals surface area contributed by atoms with E-state index in [1.165, 1.54) is 6.08 Å². The summed E-state index contributed by atoms with van der Waals surface area (Å²) in [5, 5.41) is 2.69. The van der Waals surface area contributed by atoms with Crippen LogP contribution in [0.1, 0.15) is 21.5 Å². The molecular weight excluding hydrogens is 342 g/mol. The normalized spacial score (nSPS) is 13.6. The first kappa shape index (κ1) is 18.4. The molecule has 1 heterocycles. The lowest BCUT2D eigenvalue weighted by Gasteiger charge is -2.20. The molecule has 0 bridgehead atoms. The number of hydrogen-bond acceptors (Lipinski definition) is 3. The lowest BCUT2D eigenvalue weighted by atomic mass is 10.1. The van der Waals surface area contributed by atoms with Crippen LogP contribution in [0.4, 0.5) is 5.69 Å². The van der Waals surface area contributed by atoms with Crippen molar-refractivity contribution in [1.29, 1.82) is 0 Å². The van der Waals surface area contributed by atoms with Crippen molar-refractivity contribution in [3.63, 3.8) is 0 Å². The van der Waals surface area contributed by atoms with Crippen LogP contribution < -0.4 is 10.2 Å². The second-order valence-electron chi connectivity index (χ2n) is 6.36. The molecule has 0 unspecified atom stereocenters. The maximum Gasteiger partial charge on any atom is 0.254 e. The molecule has 0 aliphatic carbocycles. The van der Waals surface area contributed by atoms with Crippen LogP contribution in [0.2, 0.25) is 0 Å². The average molecular weight is 363 g/mol. The van der Waals surface area contributed by atoms with E-state index >= 15 is 0 Å². The van der Waals surface area contributed by atoms with E-state index in [9.17, 15) is 14.4 Å². The van der Waals surface area contributed by atoms with Crippen LogP contribution in [-0.4, -0.2) is 36.2 Å². The SMILES string of the molecule is C=CC(=O)NCc1ccc(C(=O)N2CC(=O)N(C)c3ccccc3C2)cc1. The summed E-state index contributed by atoms with van der Waals surface area (Å²) >= 11 is 0. The fourth-order valence-electron chi connectivity index (χ4n) is 2.99. The summed E-state index contributed by atoms with van der Waals surface area (Å²) in [6.45, 7) is 4.17. The molecule has 0 saturated carbocycles. The van der Waals surface area contributed by atoms with E-state index in [1.54, 1.807) is 41.1 Å². The Balaban J connectivity index is 1.76. The van der Waals surface area contributed by atoms with E-state index in [4.69, 9.17) is 0 Å². The predicted molar refractivity (Wildman–Crippen MR) is 103 cm³/mol. The van der Waals surface area contributed by atoms with Crippen LogP contribution in [0.15, 0.2) is 61.2 Å². The number of likely N-dealkylation sites (N-methyl/N-ethyl adjacent to an activating group) is 1. The first-order valence-electron chi connectivity index (χ1n) is 8.62. The summed E-state index contributed by atoms with van der Waals surface area (Å²) in [5.41, 5.74) is 3.14. The van der Waals surface area contributed by atoms with Gasteiger partial charge >= 0.3 is 0 Å². The molecule has 6 nitrogen and oxygen atoms in total. The Morgan fingerprint density at radius 3 is 2.52 bits per heavy atom. The molecule has 27 heavy (non-hydrogen) atoms. The molecule has 1 aliphatic rings. The highest BCUT2D eigenvalue weighted by Gasteiger charge is 2.27. The zero-order valence-corrected chi connectivity index (χ0v) is 15.1. The molecule has 1 N–H and O–H groups in total. The van der Waals surface area contributed by atoms with Crippen LogP contribution in [0.5, 0.6) is 0 Å². The molecule has 0 fully saturated rings. The summed E-state index contributed by atoms with van der Waals surface area (Å²) < 4.78 is 0. The van der Waals surface area contributed by atoms with Gasteiger partial charge in [0.25, 0.3) is 5.91 Å². The molecule has 0 aromatic heterocycles. The van der Waals surface area contributed by atoms with E-state index in [-0.39, 0.29) is 24.3 Å². The van der Waals surface area contributed by atoms with Gasteiger partial charge in [0.2, 0.25) is 11.8 Å². The fourth-order valence-corrected chi connectivity index (χ4v) is 2.99. The van der Waals surface area contributed by atoms with Crippen molar-refractivity contribution in [1.82, 2.24) is 10.2 Å². The number of carbonyl (C=O) groups excluding carboxylic acids is 3. The van der Waals surface area contributed by atoms with Crippen molar-refractivity contribution in [2.24, 2.45) is 0 Å². The minimum absolute atomic E-state index is 0.0289. The number of anilines is 1. The number of hydrogen-bond donors (Lipinski definition) is 1. The van der Waals surface area contributed by atoms with Gasteiger partial charge in [-0.2, -0.15) is 0 Å². The zero-order valence-electron chi connectivity index (χ0n) is 15.1. The Morgan fingerprint density at radius 2 is 1.81 bits per heavy atom. The lowest BCUT2D eigenvalue weighted by molar-refractivity contribution is -0.119. The molecule has 1 aliphatic heterocycles. The van der Waals surface area contributed by atoms with Gasteiger partial charge in [-0.15, -0.1) is 0 Å². The highest BCUT2D eigenvalue weighted by Crippen LogP contribution is 2.25. The topological polar surface area (TPSA) is 69.7 Å². The van der Waals surface area contributed by atoms with Crippen LogP contribution >= 0.6 is 0 Å². The molecule has 138 valence electrons. The average Bonchev–Trinajstić information content (AvgIpc) is 2.83. The number of nitrogens with one attached hydrogen (secondary N) is 1. The maximum absolute atomic E-state index is 12.9. The van der Waals surface area contributed by atoms with Crippen LogP contribution in [0.3, 0.4) is 0 Å². The molecule has 3 amide bonds. The smallest absolute Gasteiger partial charge is 0.254 e. The van der Waals surface area contributed by atoms with Gasteiger partial charge in [0.05, 0.1) is 0 Å². The largest absolute Gasteiger partial charge is 0.348 e. The first-order valence-corrected chi connectivity index (χ1v) is 8.62. The maximum atomic E-state index is 12.9. The van der Waals surface area contributed by atoms with Crippen LogP contribution in [0.25, 0.3) is 0 Å². The minimum atomic E-state index is -0.249. The fraction of sp³-hybridized carbons (Fsp3) is 0.190. The van der Waals surface area contributed by atoms with E-state index in [0.717, 1.165) is 16.8 Å². The minimum Gasteiger partial charge on any atom is -0.348 e. The zero-order chi connectivity index (χ0) is 19.4. The Kier molecular flexibility index (Phi) is 5.35. The summed E-state index contributed by atoms with van der Waals surface area (Å²) in [5.74, 6) is -0.576. The summed E-state index contributed by atoms with van der Waals surface area (Å²) in [4.78, 5) is 39.7. The van der Waals surface area contributed by atoms with Crippen molar-refractivity contribution >= 4 is 23.4 Å². The third-order valence-corrected chi connectivity index (χ3v) is 4.55. The lowest BCUT2D eigenvalue weighted by Crippen LogP contribution is -2.38. The highest BCUT2D eigenvalue weighted by molar-refractivity contribution is 6.01. The van der Waals surface area contributed by atoms with Gasteiger partial charge in [0, 0.05) is 31.4 Å². The number of fused-ring (bicyclic) bond motifs is 1. The van der Waals surface area contributed by atoms with Crippen molar-refractivity contribution in [3.05, 3.63) is 77.9 Å². The second kappa shape index (κ2) is 7.86. The van der Waals surface area contributed by atoms with E-state index < -0.39 is 0 Å². The Bertz CT molecular complexity index is 890. The van der Waals surface area contributed by atoms with Gasteiger partial charge in [-0.3, -0.25) is 14.4 Å². The third kappa shape index (κ3) is 4.06. The third-order valence-electron chi connectivity index (χ3n) is 4.55. The van der Waals surface area contributed by atoms with Crippen molar-refractivity contribution in [2.45, 2.75) is 13.1 Å². The van der Waals surface area contributed by atoms with Crippen molar-refractivity contribution < 1.29 is 14.4 Å². The van der Waals surface area contributed by atoms with E-state index in [2.05, 4.69) is 11.9 Å². The van der Waals surface area contributed by atoms with Crippen molar-refractivity contribution in [2.75, 3.05) is 18.5 Å². The summed E-state index contributed by atoms with van der Waals surface area (Å²) in [6, 6.07) is 14.6. The molecule has 0 atom stereocenters. The van der Waals surface area contributed by atoms with Crippen LogP contribution in [-0.2, 0) is 22.7 Å². The van der Waals surface area contributed by atoms with Gasteiger partial charge in [0.1, 0.15) is 6.54 Å². The monoisotopic (exact) mass is 363 g/mol. The quantitative estimate of drug-likeness (QED) is 0.846. The molecular formula is C21H21N3O3. The molecule has 3 rings (SSSR count). The standard InChI is InChI=1S/C21H21N3O3/c1-3-19(25)22-12-15-8-10-16(11-9-15)21(27)24-13-17-6-4-5-7-18(17)23(2)20(26)14-24/h3-11H,1,12-14H2,2H3,(H,22,25). The number of amides is 3. The van der Waals surface area contributed by atoms with Gasteiger partial charge in [-0.05, 0) is 35.4 Å². The van der Waals surface area contributed by atoms with Crippen LogP contribution in [0, 0.1) is 0 Å². The van der Waals surface area contributed by atoms with Gasteiger partial charge in [0.15, 0.2) is 0 Å². The Labute approximate surface area is 158 Å². The molecule has 2 aromatic rings. The van der Waals surface area contributed by atoms with Crippen molar-refractivity contribution in [3.8, 4) is 0 Å².